The Bertz CT molecular complexity index is 653. The van der Waals surface area contributed by atoms with E-state index in [2.05, 4.69) is 30.5 Å². The number of amides is 1. The smallest absolute Gasteiger partial charge is 0.222 e. The molecule has 0 unspecified atom stereocenters. The van der Waals surface area contributed by atoms with Crippen LogP contribution < -0.4 is 15.5 Å². The summed E-state index contributed by atoms with van der Waals surface area (Å²) in [5.74, 6) is 0.127. The van der Waals surface area contributed by atoms with E-state index in [9.17, 15) is 19.1 Å². The molecule has 0 aliphatic rings. The van der Waals surface area contributed by atoms with Crippen molar-refractivity contribution in [2.24, 2.45) is 5.73 Å². The summed E-state index contributed by atoms with van der Waals surface area (Å²) in [5, 5.41) is 8.98. The molecule has 264 valence electrons. The van der Waals surface area contributed by atoms with E-state index in [4.69, 9.17) is 10.8 Å². The molecular weight excluding hydrogens is 575 g/mol. The van der Waals surface area contributed by atoms with E-state index in [0.717, 1.165) is 25.7 Å². The summed E-state index contributed by atoms with van der Waals surface area (Å²) in [5.41, 5.74) is 5.50. The molecule has 0 aromatic carbocycles. The number of nitrogens with zero attached hydrogens (tertiary/aromatic N) is 1. The lowest BCUT2D eigenvalue weighted by molar-refractivity contribution is -0.341. The number of phosphoric ester groups is 1. The number of hydrogen-bond donors (Lipinski definition) is 2. The van der Waals surface area contributed by atoms with Crippen LogP contribution in [0.5, 0.6) is 0 Å². The van der Waals surface area contributed by atoms with E-state index < -0.39 is 7.82 Å². The fraction of sp³-hybridized carbons (Fsp3) is 0.914. The van der Waals surface area contributed by atoms with Crippen molar-refractivity contribution < 1.29 is 28.8 Å². The van der Waals surface area contributed by atoms with Gasteiger partial charge in [-0.25, -0.2) is 0 Å². The molecule has 0 aliphatic carbocycles. The first-order chi connectivity index (χ1) is 21.3. The van der Waals surface area contributed by atoms with Crippen molar-refractivity contribution in [3.8, 4) is 0 Å². The zero-order chi connectivity index (χ0) is 33.0. The van der Waals surface area contributed by atoms with Crippen molar-refractivity contribution in [2.75, 3.05) is 32.8 Å². The van der Waals surface area contributed by atoms with E-state index in [1.165, 1.54) is 122 Å². The van der Waals surface area contributed by atoms with Crippen LogP contribution >= 0.6 is 7.82 Å². The van der Waals surface area contributed by atoms with Gasteiger partial charge in [0.25, 0.3) is 0 Å². The molecule has 9 heteroatoms. The van der Waals surface area contributed by atoms with Crippen LogP contribution in [-0.4, -0.2) is 48.8 Å². The minimum absolute atomic E-state index is 0.0120. The molecule has 0 aromatic heterocycles. The molecular formula is C35H71N2O6P-2. The average molecular weight is 647 g/mol. The third-order valence-corrected chi connectivity index (χ3v) is 8.27. The number of aliphatic hydroxyl groups excluding tert-OH is 1. The molecule has 0 aromatic rings. The van der Waals surface area contributed by atoms with Crippen molar-refractivity contribution in [1.82, 2.24) is 4.90 Å². The first-order valence-corrected chi connectivity index (χ1v) is 19.7. The Hall–Kier alpha value is -0.760. The number of hydrogen-bond acceptors (Lipinski definition) is 7. The van der Waals surface area contributed by atoms with Crippen LogP contribution in [0.25, 0.3) is 0 Å². The summed E-state index contributed by atoms with van der Waals surface area (Å²) >= 11 is 0. The van der Waals surface area contributed by atoms with Crippen LogP contribution in [0.1, 0.15) is 174 Å². The van der Waals surface area contributed by atoms with Crippen molar-refractivity contribution in [3.05, 3.63) is 12.2 Å². The Kier molecular flexibility index (Phi) is 37.8. The topological polar surface area (TPSA) is 139 Å². The summed E-state index contributed by atoms with van der Waals surface area (Å²) < 4.78 is 14.3. The minimum atomic E-state index is -4.75. The number of carbonyl (C=O) groups excluding carboxylic acids is 1. The van der Waals surface area contributed by atoms with Crippen molar-refractivity contribution >= 4 is 13.7 Å². The molecule has 44 heavy (non-hydrogen) atoms. The van der Waals surface area contributed by atoms with Gasteiger partial charge in [-0.3, -0.25) is 4.79 Å². The van der Waals surface area contributed by atoms with Gasteiger partial charge >= 0.3 is 0 Å². The predicted octanol–water partition coefficient (Wildman–Crippen LogP) is 7.95. The van der Waals surface area contributed by atoms with Crippen molar-refractivity contribution in [2.45, 2.75) is 174 Å². The van der Waals surface area contributed by atoms with Crippen LogP contribution in [0.4, 0.5) is 0 Å². The van der Waals surface area contributed by atoms with E-state index in [0.29, 0.717) is 32.5 Å². The largest absolute Gasteiger partial charge is 0.790 e. The fourth-order valence-electron chi connectivity index (χ4n) is 5.09. The van der Waals surface area contributed by atoms with Crippen LogP contribution in [-0.2, 0) is 13.9 Å². The minimum Gasteiger partial charge on any atom is -0.790 e. The van der Waals surface area contributed by atoms with Gasteiger partial charge in [0.1, 0.15) is 0 Å². The number of allylic oxidation sites excluding steroid dienone is 2. The summed E-state index contributed by atoms with van der Waals surface area (Å²) in [7, 11) is -4.75. The number of rotatable bonds is 32. The van der Waals surface area contributed by atoms with Gasteiger partial charge in [0.2, 0.25) is 5.91 Å². The molecule has 0 saturated carbocycles. The van der Waals surface area contributed by atoms with Crippen LogP contribution in [0, 0.1) is 0 Å². The number of nitrogens with two attached hydrogens (primary N) is 1. The Labute approximate surface area is 272 Å². The van der Waals surface area contributed by atoms with Gasteiger partial charge in [0.05, 0.1) is 21.0 Å². The van der Waals surface area contributed by atoms with Gasteiger partial charge in [-0.1, -0.05) is 142 Å². The maximum absolute atomic E-state index is 12.0. The second-order valence-electron chi connectivity index (χ2n) is 12.0. The van der Waals surface area contributed by atoms with Gasteiger partial charge in [-0.2, -0.15) is 0 Å². The molecule has 0 saturated heterocycles. The summed E-state index contributed by atoms with van der Waals surface area (Å²) in [6.45, 7) is 5.95. The quantitative estimate of drug-likeness (QED) is 0.0430. The van der Waals surface area contributed by atoms with Gasteiger partial charge < -0.3 is 34.6 Å². The van der Waals surface area contributed by atoms with Gasteiger partial charge in [0.15, 0.2) is 0 Å². The molecule has 0 spiro atoms. The molecule has 1 amide bonds. The maximum Gasteiger partial charge on any atom is 0.222 e. The van der Waals surface area contributed by atoms with Gasteiger partial charge in [-0.15, -0.1) is 0 Å². The first kappa shape index (κ1) is 45.4. The van der Waals surface area contributed by atoms with Crippen LogP contribution in [0.3, 0.4) is 0 Å². The summed E-state index contributed by atoms with van der Waals surface area (Å²) in [4.78, 5) is 34.0. The van der Waals surface area contributed by atoms with Crippen LogP contribution in [0.15, 0.2) is 12.2 Å². The van der Waals surface area contributed by atoms with Crippen LogP contribution in [0.2, 0.25) is 0 Å². The maximum atomic E-state index is 12.0. The summed E-state index contributed by atoms with van der Waals surface area (Å²) in [6, 6.07) is 0. The lowest BCUT2D eigenvalue weighted by atomic mass is 10.1. The van der Waals surface area contributed by atoms with Gasteiger partial charge in [0, 0.05) is 26.1 Å². The highest BCUT2D eigenvalue weighted by atomic mass is 31.2. The normalized spacial score (nSPS) is 11.6. The highest BCUT2D eigenvalue weighted by Crippen LogP contribution is 2.24. The Morgan fingerprint density at radius 1 is 0.682 bits per heavy atom. The number of carbonyl (C=O) groups is 1. The van der Waals surface area contributed by atoms with Crippen molar-refractivity contribution in [3.63, 3.8) is 0 Å². The highest BCUT2D eigenvalue weighted by molar-refractivity contribution is 7.43. The lowest BCUT2D eigenvalue weighted by Crippen LogP contribution is -2.37. The van der Waals surface area contributed by atoms with E-state index in [-0.39, 0.29) is 19.1 Å². The van der Waals surface area contributed by atoms with Crippen molar-refractivity contribution in [1.29, 1.82) is 0 Å². The first-order valence-electron chi connectivity index (χ1n) is 18.2. The van der Waals surface area contributed by atoms with Gasteiger partial charge in [-0.05, 0) is 38.5 Å². The molecule has 0 rings (SSSR count). The standard InChI is InChI=1S/C22H44N2O2.C13H29O4P/c1-2-3-4-5-6-7-8-9-10-11-12-13-14-15-16-17-22(26)24(19-18-23)20-21-25;1-2-3-4-5-6-7-8-9-10-11-12-13-17-18(14,15)16/h9-10,25H,2-8,11-21,23H2,1H3;2-13H2,1H3,(H2,14,15,16)/p-2/b10-9-;. The SMILES string of the molecule is CCCCCCCC/C=C\CCCCCCCC(=O)N(CCN)CCO.CCCCCCCCCCCCCOP(=O)([O-])[O-]. The molecule has 0 radical (unpaired) electrons. The Morgan fingerprint density at radius 3 is 1.50 bits per heavy atom. The molecule has 0 fully saturated rings. The second-order valence-corrected chi connectivity index (χ2v) is 13.2. The van der Waals surface area contributed by atoms with E-state index >= 15 is 0 Å². The van der Waals surface area contributed by atoms with E-state index in [1.807, 2.05) is 0 Å². The zero-order valence-electron chi connectivity index (χ0n) is 28.8. The molecule has 3 N–H and O–H groups in total. The third-order valence-electron chi connectivity index (χ3n) is 7.77. The Morgan fingerprint density at radius 2 is 1.09 bits per heavy atom. The average Bonchev–Trinajstić information content (AvgIpc) is 2.99. The molecule has 0 bridgehead atoms. The number of aliphatic hydroxyl groups is 1. The highest BCUT2D eigenvalue weighted by Gasteiger charge is 2.11. The number of phosphoric acid groups is 1. The monoisotopic (exact) mass is 647 g/mol. The molecule has 0 heterocycles. The summed E-state index contributed by atoms with van der Waals surface area (Å²) in [6.07, 6.45) is 34.8. The second kappa shape index (κ2) is 36.7. The fourth-order valence-corrected chi connectivity index (χ4v) is 5.44. The van der Waals surface area contributed by atoms with E-state index in [1.54, 1.807) is 4.90 Å². The zero-order valence-corrected chi connectivity index (χ0v) is 29.7. The number of unbranched alkanes of at least 4 members (excludes halogenated alkanes) is 21. The lowest BCUT2D eigenvalue weighted by Gasteiger charge is -2.28. The third kappa shape index (κ3) is 39.3. The molecule has 0 atom stereocenters. The predicted molar refractivity (Wildman–Crippen MR) is 182 cm³/mol. The molecule has 0 aliphatic heterocycles. The Balaban J connectivity index is 0. The molecule has 8 nitrogen and oxygen atoms in total.